The number of aromatic nitrogens is 3. The van der Waals surface area contributed by atoms with Crippen LogP contribution in [0.2, 0.25) is 0 Å². The summed E-state index contributed by atoms with van der Waals surface area (Å²) in [5.41, 5.74) is -0.975. The van der Waals surface area contributed by atoms with Gasteiger partial charge in [-0.1, -0.05) is 6.07 Å². The molecule has 0 radical (unpaired) electrons. The van der Waals surface area contributed by atoms with Crippen molar-refractivity contribution < 1.29 is 27.4 Å². The number of halogens is 3. The van der Waals surface area contributed by atoms with E-state index in [-0.39, 0.29) is 24.9 Å². The van der Waals surface area contributed by atoms with Gasteiger partial charge in [-0.05, 0) is 38.9 Å². The van der Waals surface area contributed by atoms with Crippen molar-refractivity contribution in [3.05, 3.63) is 47.2 Å². The predicted octanol–water partition coefficient (Wildman–Crippen LogP) is 2.68. The van der Waals surface area contributed by atoms with Crippen LogP contribution in [0.3, 0.4) is 0 Å². The van der Waals surface area contributed by atoms with E-state index in [9.17, 15) is 18.0 Å². The molecule has 8 nitrogen and oxygen atoms in total. The topological polar surface area (TPSA) is 98.3 Å². The van der Waals surface area contributed by atoms with Crippen LogP contribution in [0.25, 0.3) is 0 Å². The minimum atomic E-state index is -4.59. The lowest BCUT2D eigenvalue weighted by Gasteiger charge is -2.31. The molecule has 0 spiro atoms. The summed E-state index contributed by atoms with van der Waals surface area (Å²) in [5, 5.41) is 5.92. The van der Waals surface area contributed by atoms with E-state index in [1.54, 1.807) is 13.1 Å². The van der Waals surface area contributed by atoms with Crippen molar-refractivity contribution in [3.63, 3.8) is 0 Å². The highest BCUT2D eigenvalue weighted by Gasteiger charge is 2.46. The molecule has 1 atom stereocenters. The number of amides is 1. The van der Waals surface area contributed by atoms with Crippen molar-refractivity contribution in [3.8, 4) is 5.88 Å². The Morgan fingerprint density at radius 1 is 1.26 bits per heavy atom. The van der Waals surface area contributed by atoms with Gasteiger partial charge in [-0.3, -0.25) is 0 Å². The third kappa shape index (κ3) is 4.55. The van der Waals surface area contributed by atoms with E-state index >= 15 is 0 Å². The van der Waals surface area contributed by atoms with Crippen molar-refractivity contribution in [2.24, 2.45) is 0 Å². The quantitative estimate of drug-likeness (QED) is 0.742. The molecule has 0 saturated carbocycles. The fourth-order valence-electron chi connectivity index (χ4n) is 3.86. The molecule has 2 aliphatic heterocycles. The molecular weight excluding hydrogens is 415 g/mol. The molecule has 4 heterocycles. The molecule has 2 aliphatic rings. The second-order valence-corrected chi connectivity index (χ2v) is 7.63. The number of piperidine rings is 1. The third-order valence-corrected chi connectivity index (χ3v) is 5.43. The Labute approximate surface area is 176 Å². The van der Waals surface area contributed by atoms with Gasteiger partial charge >= 0.3 is 12.3 Å². The lowest BCUT2D eigenvalue weighted by Crippen LogP contribution is -2.40. The number of alkyl carbamates (subject to hydrolysis) is 1. The van der Waals surface area contributed by atoms with Gasteiger partial charge < -0.3 is 20.1 Å². The summed E-state index contributed by atoms with van der Waals surface area (Å²) < 4.78 is 50.1. The summed E-state index contributed by atoms with van der Waals surface area (Å²) in [7, 11) is 0. The van der Waals surface area contributed by atoms with Crippen LogP contribution in [0.5, 0.6) is 5.88 Å². The minimum Gasteiger partial charge on any atom is -0.473 e. The zero-order chi connectivity index (χ0) is 22.1. The van der Waals surface area contributed by atoms with Crippen molar-refractivity contribution in [2.75, 3.05) is 26.2 Å². The number of cyclic esters (lactones) is 1. The maximum absolute atomic E-state index is 13.0. The number of rotatable bonds is 5. The normalized spacial score (nSPS) is 22.1. The van der Waals surface area contributed by atoms with Gasteiger partial charge in [-0.25, -0.2) is 19.7 Å². The Morgan fingerprint density at radius 3 is 2.71 bits per heavy atom. The fraction of sp³-hybridized carbons (Fsp3) is 0.500. The molecule has 2 saturated heterocycles. The number of carbonyl (C=O) groups excluding carboxylic acids is 1. The van der Waals surface area contributed by atoms with E-state index in [0.717, 1.165) is 37.7 Å². The zero-order valence-electron chi connectivity index (χ0n) is 16.8. The van der Waals surface area contributed by atoms with Gasteiger partial charge in [0.2, 0.25) is 5.88 Å². The number of carbonyl (C=O) groups is 1. The van der Waals surface area contributed by atoms with E-state index in [1.807, 2.05) is 0 Å². The highest BCUT2D eigenvalue weighted by atomic mass is 19.4. The largest absolute Gasteiger partial charge is 0.473 e. The van der Waals surface area contributed by atoms with Crippen molar-refractivity contribution in [2.45, 2.75) is 37.5 Å². The molecule has 2 aromatic heterocycles. The number of nitrogens with one attached hydrogen (secondary N) is 2. The number of alkyl halides is 3. The zero-order valence-corrected chi connectivity index (χ0v) is 16.8. The average Bonchev–Trinajstić information content (AvgIpc) is 3.14. The third-order valence-electron chi connectivity index (χ3n) is 5.43. The van der Waals surface area contributed by atoms with E-state index in [0.29, 0.717) is 11.4 Å². The number of hydrogen-bond acceptors (Lipinski definition) is 7. The Balaban J connectivity index is 1.66. The first-order valence-corrected chi connectivity index (χ1v) is 9.95. The van der Waals surface area contributed by atoms with Gasteiger partial charge in [0.1, 0.15) is 18.1 Å². The summed E-state index contributed by atoms with van der Waals surface area (Å²) >= 11 is 0. The number of hydrogen-bond donors (Lipinski definition) is 2. The number of ether oxygens (including phenoxy) is 2. The summed E-state index contributed by atoms with van der Waals surface area (Å²) in [4.78, 5) is 24.4. The predicted molar refractivity (Wildman–Crippen MR) is 103 cm³/mol. The highest BCUT2D eigenvalue weighted by Crippen LogP contribution is 2.37. The van der Waals surface area contributed by atoms with Crippen LogP contribution in [-0.2, 0) is 16.5 Å². The van der Waals surface area contributed by atoms with Crippen LogP contribution >= 0.6 is 0 Å². The molecule has 2 aromatic rings. The molecule has 166 valence electrons. The highest BCUT2D eigenvalue weighted by molar-refractivity contribution is 5.71. The van der Waals surface area contributed by atoms with E-state index in [1.165, 1.54) is 12.1 Å². The molecule has 11 heteroatoms. The van der Waals surface area contributed by atoms with Gasteiger partial charge in [0.25, 0.3) is 0 Å². The van der Waals surface area contributed by atoms with Gasteiger partial charge in [0.15, 0.2) is 5.60 Å². The molecule has 0 aromatic carbocycles. The first kappa shape index (κ1) is 21.3. The molecule has 0 bridgehead atoms. The second-order valence-electron chi connectivity index (χ2n) is 7.63. The van der Waals surface area contributed by atoms with Crippen molar-refractivity contribution in [1.29, 1.82) is 0 Å². The maximum atomic E-state index is 13.0. The fourth-order valence-corrected chi connectivity index (χ4v) is 3.86. The van der Waals surface area contributed by atoms with Crippen molar-refractivity contribution in [1.82, 2.24) is 25.6 Å². The van der Waals surface area contributed by atoms with Gasteiger partial charge in [-0.15, -0.1) is 0 Å². The molecule has 4 rings (SSSR count). The van der Waals surface area contributed by atoms with E-state index in [2.05, 4.69) is 25.6 Å². The Bertz CT molecular complexity index is 965. The lowest BCUT2D eigenvalue weighted by molar-refractivity contribution is -0.141. The lowest BCUT2D eigenvalue weighted by atomic mass is 9.85. The summed E-state index contributed by atoms with van der Waals surface area (Å²) in [5.74, 6) is 0.514. The summed E-state index contributed by atoms with van der Waals surface area (Å²) in [6, 6.07) is 3.40. The second kappa shape index (κ2) is 8.29. The summed E-state index contributed by atoms with van der Waals surface area (Å²) in [6.45, 7) is 3.30. The van der Waals surface area contributed by atoms with Crippen molar-refractivity contribution >= 4 is 6.09 Å². The Morgan fingerprint density at radius 2 is 2.03 bits per heavy atom. The van der Waals surface area contributed by atoms with E-state index < -0.39 is 23.6 Å². The van der Waals surface area contributed by atoms with Crippen LogP contribution in [0.1, 0.15) is 41.5 Å². The maximum Gasteiger partial charge on any atom is 0.433 e. The van der Waals surface area contributed by atoms with Gasteiger partial charge in [0, 0.05) is 23.7 Å². The molecule has 1 unspecified atom stereocenters. The summed E-state index contributed by atoms with van der Waals surface area (Å²) in [6.07, 6.45) is -1.90. The standard InChI is InChI=1S/C20H22F3N5O3/c1-12-25-9-14(17(27-12)13-5-7-24-8-6-13)19(10-26-18(29)31-19)11-30-16-4-2-3-15(28-16)20(21,22)23/h2-4,9,13,24H,5-8,10-11H2,1H3,(H,26,29). The number of pyridine rings is 1. The molecular formula is C20H22F3N5O3. The smallest absolute Gasteiger partial charge is 0.433 e. The molecule has 2 fully saturated rings. The van der Waals surface area contributed by atoms with Crippen LogP contribution in [0.15, 0.2) is 24.4 Å². The van der Waals surface area contributed by atoms with Crippen LogP contribution < -0.4 is 15.4 Å². The first-order chi connectivity index (χ1) is 14.8. The number of aryl methyl sites for hydroxylation is 1. The first-order valence-electron chi connectivity index (χ1n) is 9.95. The Hall–Kier alpha value is -2.95. The van der Waals surface area contributed by atoms with Crippen LogP contribution in [0, 0.1) is 6.92 Å². The average molecular weight is 437 g/mol. The van der Waals surface area contributed by atoms with Gasteiger partial charge in [0.05, 0.1) is 12.2 Å². The molecule has 2 N–H and O–H groups in total. The monoisotopic (exact) mass is 437 g/mol. The van der Waals surface area contributed by atoms with Crippen LogP contribution in [0.4, 0.5) is 18.0 Å². The molecule has 31 heavy (non-hydrogen) atoms. The van der Waals surface area contributed by atoms with Gasteiger partial charge in [-0.2, -0.15) is 13.2 Å². The Kier molecular flexibility index (Phi) is 5.69. The number of nitrogens with zero attached hydrogens (tertiary/aromatic N) is 3. The molecule has 1 amide bonds. The van der Waals surface area contributed by atoms with Crippen LogP contribution in [-0.4, -0.2) is 47.3 Å². The van der Waals surface area contributed by atoms with E-state index in [4.69, 9.17) is 9.47 Å². The SMILES string of the molecule is Cc1ncc(C2(COc3cccc(C(F)(F)F)n3)CNC(=O)O2)c(C2CCNCC2)n1. The minimum absolute atomic E-state index is 0.0786. The molecule has 0 aliphatic carbocycles.